The predicted octanol–water partition coefficient (Wildman–Crippen LogP) is 4.91. The maximum Gasteiger partial charge on any atom is 0.133 e. The van der Waals surface area contributed by atoms with Crippen LogP contribution in [0.25, 0.3) is 0 Å². The fourth-order valence-corrected chi connectivity index (χ4v) is 3.88. The molecule has 1 aromatic rings. The van der Waals surface area contributed by atoms with Crippen LogP contribution in [0.5, 0.6) is 0 Å². The molecule has 29 heavy (non-hydrogen) atoms. The van der Waals surface area contributed by atoms with E-state index in [2.05, 4.69) is 40.8 Å². The van der Waals surface area contributed by atoms with Crippen molar-refractivity contribution in [1.29, 1.82) is 5.26 Å². The fourth-order valence-electron chi connectivity index (χ4n) is 3.46. The van der Waals surface area contributed by atoms with E-state index < -0.39 is 0 Å². The summed E-state index contributed by atoms with van der Waals surface area (Å²) in [5.41, 5.74) is 2.00. The summed E-state index contributed by atoms with van der Waals surface area (Å²) in [6.45, 7) is 3.44. The molecule has 0 N–H and O–H groups in total. The van der Waals surface area contributed by atoms with Crippen molar-refractivity contribution in [1.82, 2.24) is 4.98 Å². The summed E-state index contributed by atoms with van der Waals surface area (Å²) >= 11 is 1.66. The van der Waals surface area contributed by atoms with Crippen molar-refractivity contribution in [2.24, 2.45) is 4.99 Å². The highest BCUT2D eigenvalue weighted by Gasteiger charge is 2.24. The Morgan fingerprint density at radius 1 is 1.38 bits per heavy atom. The van der Waals surface area contributed by atoms with Gasteiger partial charge in [-0.3, -0.25) is 4.99 Å². The van der Waals surface area contributed by atoms with Crippen LogP contribution >= 0.6 is 11.8 Å². The number of rotatable bonds is 8. The Bertz CT molecular complexity index is 789. The maximum atomic E-state index is 9.28. The first-order valence-electron chi connectivity index (χ1n) is 9.82. The Kier molecular flexibility index (Phi) is 12.0. The first-order valence-corrected chi connectivity index (χ1v) is 11.0. The number of allylic oxidation sites excluding steroid dienone is 2. The van der Waals surface area contributed by atoms with Crippen LogP contribution < -0.4 is 4.90 Å². The van der Waals surface area contributed by atoms with Crippen molar-refractivity contribution in [3.05, 3.63) is 29.5 Å². The number of nitriles is 1. The van der Waals surface area contributed by atoms with Gasteiger partial charge in [-0.05, 0) is 43.7 Å². The summed E-state index contributed by atoms with van der Waals surface area (Å²) in [7, 11) is 0. The van der Waals surface area contributed by atoms with Gasteiger partial charge in [0.25, 0.3) is 0 Å². The van der Waals surface area contributed by atoms with E-state index in [0.29, 0.717) is 19.0 Å². The van der Waals surface area contributed by atoms with Crippen molar-refractivity contribution in [2.75, 3.05) is 24.2 Å². The van der Waals surface area contributed by atoms with Crippen molar-refractivity contribution in [3.8, 4) is 31.3 Å². The van der Waals surface area contributed by atoms with Gasteiger partial charge in [-0.2, -0.15) is 5.26 Å². The first kappa shape index (κ1) is 24.4. The molecular formula is C24H30N4S. The maximum absolute atomic E-state index is 9.28. The zero-order valence-electron chi connectivity index (χ0n) is 17.5. The number of aliphatic imine (C=N–C) groups is 1. The fraction of sp³-hybridized carbons (Fsp3) is 0.458. The van der Waals surface area contributed by atoms with Crippen LogP contribution in [0.1, 0.15) is 44.6 Å². The summed E-state index contributed by atoms with van der Waals surface area (Å²) < 4.78 is 0. The van der Waals surface area contributed by atoms with Gasteiger partial charge < -0.3 is 4.90 Å². The summed E-state index contributed by atoms with van der Waals surface area (Å²) in [6.07, 6.45) is 27.3. The molecule has 4 nitrogen and oxygen atoms in total. The normalized spacial score (nSPS) is 14.5. The highest BCUT2D eigenvalue weighted by molar-refractivity contribution is 7.98. The zero-order chi connectivity index (χ0) is 21.5. The van der Waals surface area contributed by atoms with Gasteiger partial charge in [-0.15, -0.1) is 31.0 Å². The molecule has 1 aliphatic carbocycles. The third kappa shape index (κ3) is 8.06. The van der Waals surface area contributed by atoms with E-state index in [1.807, 2.05) is 25.6 Å². The van der Waals surface area contributed by atoms with Gasteiger partial charge in [0.15, 0.2) is 0 Å². The Balaban J connectivity index is 0.00000204. The molecule has 0 bridgehead atoms. The van der Waals surface area contributed by atoms with Crippen LogP contribution in [0, 0.1) is 36.5 Å². The second kappa shape index (κ2) is 14.3. The summed E-state index contributed by atoms with van der Waals surface area (Å²) in [5.74, 6) is 3.47. The average Bonchev–Trinajstić information content (AvgIpc) is 2.76. The minimum absolute atomic E-state index is 0.382. The van der Waals surface area contributed by atoms with E-state index in [1.165, 1.54) is 32.1 Å². The van der Waals surface area contributed by atoms with Gasteiger partial charge in [-0.1, -0.05) is 25.2 Å². The van der Waals surface area contributed by atoms with Crippen LogP contribution in [-0.4, -0.2) is 36.6 Å². The molecule has 0 atom stereocenters. The lowest BCUT2D eigenvalue weighted by Gasteiger charge is -2.36. The highest BCUT2D eigenvalue weighted by Crippen LogP contribution is 2.30. The lowest BCUT2D eigenvalue weighted by atomic mass is 9.93. The molecule has 0 amide bonds. The molecular weight excluding hydrogens is 376 g/mol. The number of thioether (sulfide) groups is 1. The number of hydrogen-bond donors (Lipinski definition) is 0. The molecule has 152 valence electrons. The van der Waals surface area contributed by atoms with Crippen molar-refractivity contribution < 1.29 is 0 Å². The summed E-state index contributed by atoms with van der Waals surface area (Å²) in [6, 6.07) is 4.88. The molecule has 0 unspecified atom stereocenters. The van der Waals surface area contributed by atoms with Gasteiger partial charge in [0, 0.05) is 35.5 Å². The van der Waals surface area contributed by atoms with E-state index >= 15 is 0 Å². The van der Waals surface area contributed by atoms with Crippen molar-refractivity contribution in [2.45, 2.75) is 56.4 Å². The lowest BCUT2D eigenvalue weighted by Crippen LogP contribution is -2.39. The first-order chi connectivity index (χ1) is 14.2. The van der Waals surface area contributed by atoms with E-state index in [4.69, 9.17) is 11.4 Å². The number of nitrogens with zero attached hydrogens (tertiary/aromatic N) is 4. The molecule has 0 aromatic carbocycles. The van der Waals surface area contributed by atoms with Gasteiger partial charge in [-0.25, -0.2) is 4.98 Å². The number of aromatic nitrogens is 1. The molecule has 5 heteroatoms. The van der Waals surface area contributed by atoms with Crippen LogP contribution in [0.3, 0.4) is 0 Å². The van der Waals surface area contributed by atoms with E-state index in [1.54, 1.807) is 17.8 Å². The second-order valence-corrected chi connectivity index (χ2v) is 7.65. The SMILES string of the molecule is C#C.C#C/C=C(/C)C=NCCN(c1ncc(SC)cc1CC#N)C1CCCCC1. The molecule has 0 saturated heterocycles. The zero-order valence-corrected chi connectivity index (χ0v) is 18.3. The van der Waals surface area contributed by atoms with E-state index in [9.17, 15) is 5.26 Å². The van der Waals surface area contributed by atoms with Gasteiger partial charge >= 0.3 is 0 Å². The van der Waals surface area contributed by atoms with Crippen LogP contribution in [0.4, 0.5) is 5.82 Å². The molecule has 0 radical (unpaired) electrons. The van der Waals surface area contributed by atoms with E-state index in [0.717, 1.165) is 28.4 Å². The Morgan fingerprint density at radius 3 is 2.72 bits per heavy atom. The molecule has 1 saturated carbocycles. The molecule has 1 aromatic heterocycles. The molecule has 0 spiro atoms. The van der Waals surface area contributed by atoms with Crippen LogP contribution in [0.15, 0.2) is 33.8 Å². The number of hydrogen-bond acceptors (Lipinski definition) is 5. The minimum atomic E-state index is 0.382. The number of pyridine rings is 1. The number of anilines is 1. The topological polar surface area (TPSA) is 52.3 Å². The second-order valence-electron chi connectivity index (χ2n) is 6.77. The smallest absolute Gasteiger partial charge is 0.133 e. The number of terminal acetylenes is 2. The van der Waals surface area contributed by atoms with Gasteiger partial charge in [0.1, 0.15) is 5.82 Å². The predicted molar refractivity (Wildman–Crippen MR) is 125 cm³/mol. The molecule has 1 heterocycles. The Morgan fingerprint density at radius 2 is 2.10 bits per heavy atom. The summed E-state index contributed by atoms with van der Waals surface area (Å²) in [4.78, 5) is 12.8. The Hall–Kier alpha value is -2.68. The third-order valence-corrected chi connectivity index (χ3v) is 5.48. The van der Waals surface area contributed by atoms with E-state index in [-0.39, 0.29) is 0 Å². The standard InChI is InChI=1S/C22H28N4S.C2H2/c1-4-8-18(2)16-24-13-14-26(20-9-6-5-7-10-20)22-19(11-12-23)15-21(27-3)17-25-22;1-2/h1,8,15-17,20H,5-7,9-11,13-14H2,2-3H3;1-2H/b18-8-,24-16?;. The Labute approximate surface area is 180 Å². The van der Waals surface area contributed by atoms with Crippen LogP contribution in [0.2, 0.25) is 0 Å². The van der Waals surface area contributed by atoms with Gasteiger partial charge in [0.2, 0.25) is 0 Å². The van der Waals surface area contributed by atoms with Crippen molar-refractivity contribution in [3.63, 3.8) is 0 Å². The minimum Gasteiger partial charge on any atom is -0.352 e. The molecule has 1 fully saturated rings. The monoisotopic (exact) mass is 406 g/mol. The summed E-state index contributed by atoms with van der Waals surface area (Å²) in [5, 5.41) is 9.28. The highest BCUT2D eigenvalue weighted by atomic mass is 32.2. The average molecular weight is 407 g/mol. The van der Waals surface area contributed by atoms with Gasteiger partial charge in [0.05, 0.1) is 19.0 Å². The molecule has 2 rings (SSSR count). The van der Waals surface area contributed by atoms with Crippen LogP contribution in [-0.2, 0) is 6.42 Å². The quantitative estimate of drug-likeness (QED) is 0.350. The third-order valence-electron chi connectivity index (χ3n) is 4.79. The molecule has 1 aliphatic rings. The lowest BCUT2D eigenvalue weighted by molar-refractivity contribution is 0.413. The largest absolute Gasteiger partial charge is 0.352 e. The molecule has 0 aliphatic heterocycles. The van der Waals surface area contributed by atoms with Crippen molar-refractivity contribution >= 4 is 23.8 Å².